The van der Waals surface area contributed by atoms with Crippen LogP contribution in [0.3, 0.4) is 0 Å². The molecule has 3 aromatic rings. The molecule has 1 aliphatic carbocycles. The second-order valence-electron chi connectivity index (χ2n) is 7.43. The lowest BCUT2D eigenvalue weighted by Gasteiger charge is -2.35. The third kappa shape index (κ3) is 3.02. The average molecular weight is 378 g/mol. The van der Waals surface area contributed by atoms with E-state index < -0.39 is 0 Å². The largest absolute Gasteiger partial charge is 0.339 e. The predicted molar refractivity (Wildman–Crippen MR) is 102 cm³/mol. The number of amides is 1. The first kappa shape index (κ1) is 16.9. The van der Waals surface area contributed by atoms with Crippen molar-refractivity contribution < 1.29 is 4.79 Å². The van der Waals surface area contributed by atoms with Gasteiger partial charge in [0.15, 0.2) is 0 Å². The lowest BCUT2D eigenvalue weighted by molar-refractivity contribution is -0.133. The molecule has 5 rings (SSSR count). The first-order valence-corrected chi connectivity index (χ1v) is 9.57. The van der Waals surface area contributed by atoms with E-state index in [0.717, 1.165) is 31.1 Å². The highest BCUT2D eigenvalue weighted by molar-refractivity contribution is 5.83. The maximum absolute atomic E-state index is 12.9. The number of anilines is 1. The summed E-state index contributed by atoms with van der Waals surface area (Å²) in [7, 11) is 1.91. The van der Waals surface area contributed by atoms with Gasteiger partial charge in [0.1, 0.15) is 0 Å². The van der Waals surface area contributed by atoms with Crippen LogP contribution < -0.4 is 4.90 Å². The molecule has 2 aromatic heterocycles. The highest BCUT2D eigenvalue weighted by Crippen LogP contribution is 2.48. The smallest absolute Gasteiger partial charge is 0.250 e. The fourth-order valence-electron chi connectivity index (χ4n) is 3.95. The molecule has 1 saturated carbocycles. The maximum Gasteiger partial charge on any atom is 0.250 e. The van der Waals surface area contributed by atoms with E-state index in [9.17, 15) is 4.79 Å². The number of hydrogen-bond donors (Lipinski definition) is 0. The standard InChI is InChI=1S/C19H22N8O/c1-24-13-14(12-20-24)16-11-17(16)18(28)25-7-9-26(10-8-25)19-21-22-23-27(19)15-5-3-2-4-6-15/h2-6,12-13,16-17H,7-11H2,1H3. The van der Waals surface area contributed by atoms with Crippen molar-refractivity contribution >= 4 is 11.9 Å². The summed E-state index contributed by atoms with van der Waals surface area (Å²) in [5.74, 6) is 1.41. The van der Waals surface area contributed by atoms with E-state index in [1.807, 2.05) is 54.7 Å². The Hall–Kier alpha value is -3.23. The van der Waals surface area contributed by atoms with E-state index in [2.05, 4.69) is 25.5 Å². The highest BCUT2D eigenvalue weighted by atomic mass is 16.2. The Balaban J connectivity index is 1.22. The van der Waals surface area contributed by atoms with Gasteiger partial charge in [-0.15, -0.1) is 0 Å². The summed E-state index contributed by atoms with van der Waals surface area (Å²) < 4.78 is 3.54. The molecular formula is C19H22N8O. The van der Waals surface area contributed by atoms with Crippen molar-refractivity contribution in [3.63, 3.8) is 0 Å². The molecule has 1 aromatic carbocycles. The minimum Gasteiger partial charge on any atom is -0.339 e. The zero-order valence-corrected chi connectivity index (χ0v) is 15.7. The molecule has 1 saturated heterocycles. The molecule has 0 N–H and O–H groups in total. The van der Waals surface area contributed by atoms with Crippen molar-refractivity contribution in [3.05, 3.63) is 48.3 Å². The number of carbonyl (C=O) groups excluding carboxylic acids is 1. The quantitative estimate of drug-likeness (QED) is 0.669. The van der Waals surface area contributed by atoms with Gasteiger partial charge in [-0.1, -0.05) is 23.3 Å². The van der Waals surface area contributed by atoms with Crippen LogP contribution in [0.4, 0.5) is 5.95 Å². The number of tetrazole rings is 1. The van der Waals surface area contributed by atoms with Gasteiger partial charge in [-0.2, -0.15) is 9.78 Å². The number of nitrogens with zero attached hydrogens (tertiary/aromatic N) is 8. The Morgan fingerprint density at radius 3 is 2.61 bits per heavy atom. The number of para-hydroxylation sites is 1. The summed E-state index contributed by atoms with van der Waals surface area (Å²) in [5, 5.41) is 16.4. The maximum atomic E-state index is 12.9. The van der Waals surface area contributed by atoms with Gasteiger partial charge in [-0.3, -0.25) is 9.48 Å². The zero-order valence-electron chi connectivity index (χ0n) is 15.7. The lowest BCUT2D eigenvalue weighted by atomic mass is 10.1. The molecule has 144 valence electrons. The van der Waals surface area contributed by atoms with Gasteiger partial charge < -0.3 is 9.80 Å². The zero-order chi connectivity index (χ0) is 19.1. The number of carbonyl (C=O) groups is 1. The number of hydrogen-bond acceptors (Lipinski definition) is 6. The molecular weight excluding hydrogens is 356 g/mol. The summed E-state index contributed by atoms with van der Waals surface area (Å²) in [5.41, 5.74) is 2.10. The number of benzene rings is 1. The van der Waals surface area contributed by atoms with Gasteiger partial charge in [0.05, 0.1) is 11.9 Å². The number of aromatic nitrogens is 6. The van der Waals surface area contributed by atoms with Crippen LogP contribution in [-0.4, -0.2) is 67.0 Å². The van der Waals surface area contributed by atoms with Crippen LogP contribution in [0.5, 0.6) is 0 Å². The van der Waals surface area contributed by atoms with Crippen LogP contribution in [0.15, 0.2) is 42.7 Å². The van der Waals surface area contributed by atoms with E-state index in [1.54, 1.807) is 9.36 Å². The van der Waals surface area contributed by atoms with Crippen molar-refractivity contribution in [2.75, 3.05) is 31.1 Å². The third-order valence-corrected chi connectivity index (χ3v) is 5.59. The molecule has 2 atom stereocenters. The van der Waals surface area contributed by atoms with Crippen molar-refractivity contribution in [3.8, 4) is 5.69 Å². The fourth-order valence-corrected chi connectivity index (χ4v) is 3.95. The van der Waals surface area contributed by atoms with Gasteiger partial charge in [0.25, 0.3) is 0 Å². The second kappa shape index (κ2) is 6.74. The molecule has 9 nitrogen and oxygen atoms in total. The molecule has 0 radical (unpaired) electrons. The summed E-state index contributed by atoms with van der Waals surface area (Å²) >= 11 is 0. The first-order chi connectivity index (χ1) is 13.7. The van der Waals surface area contributed by atoms with Crippen molar-refractivity contribution in [2.45, 2.75) is 12.3 Å². The van der Waals surface area contributed by atoms with Gasteiger partial charge in [0, 0.05) is 45.3 Å². The SMILES string of the molecule is Cn1cc(C2CC2C(=O)N2CCN(c3nnnn3-c3ccccc3)CC2)cn1. The van der Waals surface area contributed by atoms with Crippen LogP contribution in [0.2, 0.25) is 0 Å². The third-order valence-electron chi connectivity index (χ3n) is 5.59. The van der Waals surface area contributed by atoms with E-state index in [4.69, 9.17) is 0 Å². The normalized spacial score (nSPS) is 21.8. The van der Waals surface area contributed by atoms with Crippen LogP contribution in [-0.2, 0) is 11.8 Å². The molecule has 0 spiro atoms. The lowest BCUT2D eigenvalue weighted by Crippen LogP contribution is -2.50. The average Bonchev–Trinajstić information content (AvgIpc) is 3.16. The number of aryl methyl sites for hydroxylation is 1. The Bertz CT molecular complexity index is 973. The van der Waals surface area contributed by atoms with Crippen LogP contribution >= 0.6 is 0 Å². The Morgan fingerprint density at radius 2 is 1.89 bits per heavy atom. The molecule has 1 aliphatic heterocycles. The molecule has 2 aliphatic rings. The van der Waals surface area contributed by atoms with Crippen molar-refractivity contribution in [2.24, 2.45) is 13.0 Å². The monoisotopic (exact) mass is 378 g/mol. The molecule has 9 heteroatoms. The summed E-state index contributed by atoms with van der Waals surface area (Å²) in [6.45, 7) is 2.83. The Morgan fingerprint density at radius 1 is 1.11 bits per heavy atom. The minimum absolute atomic E-state index is 0.102. The van der Waals surface area contributed by atoms with Crippen LogP contribution in [0, 0.1) is 5.92 Å². The Kier molecular flexibility index (Phi) is 4.07. The fraction of sp³-hybridized carbons (Fsp3) is 0.421. The molecule has 28 heavy (non-hydrogen) atoms. The van der Waals surface area contributed by atoms with Gasteiger partial charge in [-0.25, -0.2) is 0 Å². The highest BCUT2D eigenvalue weighted by Gasteiger charge is 2.46. The summed E-state index contributed by atoms with van der Waals surface area (Å²) in [6.07, 6.45) is 4.82. The first-order valence-electron chi connectivity index (χ1n) is 9.57. The number of rotatable bonds is 4. The van der Waals surface area contributed by atoms with Gasteiger partial charge in [0.2, 0.25) is 11.9 Å². The van der Waals surface area contributed by atoms with E-state index in [0.29, 0.717) is 19.0 Å². The number of piperazine rings is 1. The molecule has 2 fully saturated rings. The van der Waals surface area contributed by atoms with Gasteiger partial charge >= 0.3 is 0 Å². The van der Waals surface area contributed by atoms with Crippen LogP contribution in [0.25, 0.3) is 5.69 Å². The van der Waals surface area contributed by atoms with Crippen molar-refractivity contribution in [1.82, 2.24) is 34.9 Å². The predicted octanol–water partition coefficient (Wildman–Crippen LogP) is 0.848. The minimum atomic E-state index is 0.102. The summed E-state index contributed by atoms with van der Waals surface area (Å²) in [6, 6.07) is 9.85. The van der Waals surface area contributed by atoms with E-state index in [-0.39, 0.29) is 11.8 Å². The van der Waals surface area contributed by atoms with Gasteiger partial charge in [-0.05, 0) is 40.5 Å². The molecule has 0 bridgehead atoms. The van der Waals surface area contributed by atoms with Crippen molar-refractivity contribution in [1.29, 1.82) is 0 Å². The van der Waals surface area contributed by atoms with Crippen LogP contribution in [0.1, 0.15) is 17.9 Å². The Labute approximate surface area is 162 Å². The molecule has 3 heterocycles. The molecule has 1 amide bonds. The van der Waals surface area contributed by atoms with E-state index >= 15 is 0 Å². The summed E-state index contributed by atoms with van der Waals surface area (Å²) in [4.78, 5) is 17.0. The second-order valence-corrected chi connectivity index (χ2v) is 7.43. The molecule has 2 unspecified atom stereocenters. The topological polar surface area (TPSA) is 85.0 Å². The van der Waals surface area contributed by atoms with E-state index in [1.165, 1.54) is 5.56 Å².